The Morgan fingerprint density at radius 1 is 1.33 bits per heavy atom. The average Bonchev–Trinajstić information content (AvgIpc) is 2.03. The molecule has 1 rings (SSSR count). The van der Waals surface area contributed by atoms with E-state index in [-0.39, 0.29) is 5.75 Å². The number of benzene rings is 1. The lowest BCUT2D eigenvalue weighted by molar-refractivity contribution is 0.245. The molecule has 2 nitrogen and oxygen atoms in total. The van der Waals surface area contributed by atoms with E-state index in [9.17, 15) is 5.11 Å². The lowest BCUT2D eigenvalue weighted by Gasteiger charge is -1.97. The zero-order valence-electron chi connectivity index (χ0n) is 6.94. The van der Waals surface area contributed by atoms with E-state index < -0.39 is 6.10 Å². The van der Waals surface area contributed by atoms with Crippen LogP contribution in [-0.2, 0) is 0 Å². The highest BCUT2D eigenvalue weighted by Gasteiger charge is 1.93. The number of rotatable bonds is 2. The highest BCUT2D eigenvalue weighted by atomic mass is 16.3. The maximum absolute atomic E-state index is 9.29. The third-order valence-corrected chi connectivity index (χ3v) is 1.49. The number of hydrogen-bond acceptors (Lipinski definition) is 2. The topological polar surface area (TPSA) is 40.5 Å². The first-order chi connectivity index (χ1) is 5.70. The molecular weight excluding hydrogens is 152 g/mol. The van der Waals surface area contributed by atoms with Gasteiger partial charge in [0.2, 0.25) is 0 Å². The van der Waals surface area contributed by atoms with Crippen LogP contribution in [0.2, 0.25) is 0 Å². The molecule has 0 aromatic heterocycles. The summed E-state index contributed by atoms with van der Waals surface area (Å²) in [6.07, 6.45) is 2.83. The highest BCUT2D eigenvalue weighted by Crippen LogP contribution is 2.16. The molecule has 0 radical (unpaired) electrons. The fraction of sp³-hybridized carbons (Fsp3) is 0.200. The van der Waals surface area contributed by atoms with Crippen molar-refractivity contribution in [1.29, 1.82) is 0 Å². The van der Waals surface area contributed by atoms with Gasteiger partial charge in [-0.1, -0.05) is 30.4 Å². The van der Waals surface area contributed by atoms with Crippen LogP contribution in [0.15, 0.2) is 30.3 Å². The predicted molar refractivity (Wildman–Crippen MR) is 48.8 cm³/mol. The fourth-order valence-corrected chi connectivity index (χ4v) is 0.871. The van der Waals surface area contributed by atoms with Gasteiger partial charge in [0.25, 0.3) is 0 Å². The molecule has 0 amide bonds. The molecule has 1 aromatic rings. The minimum atomic E-state index is -0.482. The van der Waals surface area contributed by atoms with Crippen LogP contribution in [0.5, 0.6) is 5.75 Å². The first-order valence-electron chi connectivity index (χ1n) is 3.84. The molecule has 0 saturated carbocycles. The predicted octanol–water partition coefficient (Wildman–Crippen LogP) is 1.79. The van der Waals surface area contributed by atoms with Crippen molar-refractivity contribution >= 4 is 6.08 Å². The van der Waals surface area contributed by atoms with Crippen molar-refractivity contribution in [3.63, 3.8) is 0 Å². The molecule has 0 aliphatic heterocycles. The van der Waals surface area contributed by atoms with Crippen molar-refractivity contribution in [2.45, 2.75) is 13.0 Å². The molecule has 0 saturated heterocycles. The number of phenols is 1. The molecule has 0 aliphatic carbocycles. The highest BCUT2D eigenvalue weighted by molar-refractivity contribution is 5.56. The van der Waals surface area contributed by atoms with Gasteiger partial charge in [0.1, 0.15) is 5.75 Å². The Kier molecular flexibility index (Phi) is 2.88. The summed E-state index contributed by atoms with van der Waals surface area (Å²) >= 11 is 0. The third kappa shape index (κ3) is 2.40. The maximum atomic E-state index is 9.29. The van der Waals surface area contributed by atoms with Gasteiger partial charge in [-0.3, -0.25) is 0 Å². The molecule has 0 unspecified atom stereocenters. The first-order valence-corrected chi connectivity index (χ1v) is 3.84. The van der Waals surface area contributed by atoms with Crippen LogP contribution >= 0.6 is 0 Å². The Labute approximate surface area is 71.8 Å². The molecule has 0 heterocycles. The van der Waals surface area contributed by atoms with E-state index in [1.165, 1.54) is 0 Å². The maximum Gasteiger partial charge on any atom is 0.122 e. The van der Waals surface area contributed by atoms with Gasteiger partial charge in [0.15, 0.2) is 0 Å². The van der Waals surface area contributed by atoms with E-state index in [1.54, 1.807) is 37.3 Å². The molecule has 0 aliphatic rings. The lowest BCUT2D eigenvalue weighted by Crippen LogP contribution is -1.91. The van der Waals surface area contributed by atoms with Crippen molar-refractivity contribution in [3.8, 4) is 5.75 Å². The number of para-hydroxylation sites is 1. The van der Waals surface area contributed by atoms with Gasteiger partial charge in [-0.15, -0.1) is 0 Å². The average molecular weight is 164 g/mol. The van der Waals surface area contributed by atoms with Crippen LogP contribution in [0, 0.1) is 0 Å². The second-order valence-corrected chi connectivity index (χ2v) is 2.66. The number of aliphatic hydroxyl groups is 1. The minimum Gasteiger partial charge on any atom is -0.507 e. The van der Waals surface area contributed by atoms with E-state index in [4.69, 9.17) is 5.11 Å². The second-order valence-electron chi connectivity index (χ2n) is 2.66. The molecule has 1 atom stereocenters. The Balaban J connectivity index is 2.82. The Morgan fingerprint density at radius 2 is 2.00 bits per heavy atom. The van der Waals surface area contributed by atoms with E-state index in [0.29, 0.717) is 0 Å². The normalized spacial score (nSPS) is 13.5. The number of hydrogen-bond donors (Lipinski definition) is 2. The monoisotopic (exact) mass is 164 g/mol. The molecule has 2 N–H and O–H groups in total. The van der Waals surface area contributed by atoms with Crippen LogP contribution in [0.4, 0.5) is 0 Å². The zero-order valence-corrected chi connectivity index (χ0v) is 6.94. The molecule has 12 heavy (non-hydrogen) atoms. The van der Waals surface area contributed by atoms with Crippen LogP contribution in [-0.4, -0.2) is 16.3 Å². The molecular formula is C10H12O2. The van der Waals surface area contributed by atoms with Gasteiger partial charge < -0.3 is 10.2 Å². The van der Waals surface area contributed by atoms with Gasteiger partial charge in [0, 0.05) is 5.56 Å². The molecule has 64 valence electrons. The standard InChI is InChI=1S/C10H12O2/c1-8(11)6-7-9-4-2-3-5-10(9)12/h2-8,11-12H,1H3/b7-6-/t8-/m1/s1. The van der Waals surface area contributed by atoms with Gasteiger partial charge in [-0.2, -0.15) is 0 Å². The van der Waals surface area contributed by atoms with Gasteiger partial charge >= 0.3 is 0 Å². The van der Waals surface area contributed by atoms with Crippen molar-refractivity contribution < 1.29 is 10.2 Å². The number of phenolic OH excluding ortho intramolecular Hbond substituents is 1. The van der Waals surface area contributed by atoms with E-state index in [2.05, 4.69) is 0 Å². The summed E-state index contributed by atoms with van der Waals surface area (Å²) in [5.41, 5.74) is 0.721. The van der Waals surface area contributed by atoms with Crippen molar-refractivity contribution in [1.82, 2.24) is 0 Å². The molecule has 0 bridgehead atoms. The van der Waals surface area contributed by atoms with Gasteiger partial charge in [-0.05, 0) is 13.0 Å². The van der Waals surface area contributed by atoms with E-state index in [0.717, 1.165) is 5.56 Å². The van der Waals surface area contributed by atoms with Gasteiger partial charge in [-0.25, -0.2) is 0 Å². The summed E-state index contributed by atoms with van der Waals surface area (Å²) in [4.78, 5) is 0. The van der Waals surface area contributed by atoms with E-state index >= 15 is 0 Å². The Hall–Kier alpha value is -1.28. The largest absolute Gasteiger partial charge is 0.507 e. The summed E-state index contributed by atoms with van der Waals surface area (Å²) in [5.74, 6) is 0.231. The summed E-state index contributed by atoms with van der Waals surface area (Å²) in [6.45, 7) is 1.66. The van der Waals surface area contributed by atoms with Crippen molar-refractivity contribution in [3.05, 3.63) is 35.9 Å². The Morgan fingerprint density at radius 3 is 2.58 bits per heavy atom. The van der Waals surface area contributed by atoms with Crippen molar-refractivity contribution in [2.75, 3.05) is 0 Å². The van der Waals surface area contributed by atoms with Crippen LogP contribution in [0.1, 0.15) is 12.5 Å². The van der Waals surface area contributed by atoms with Crippen LogP contribution in [0.3, 0.4) is 0 Å². The first kappa shape index (κ1) is 8.81. The summed E-state index contributed by atoms with van der Waals surface area (Å²) < 4.78 is 0. The molecule has 0 spiro atoms. The molecule has 0 fully saturated rings. The number of aromatic hydroxyl groups is 1. The SMILES string of the molecule is C[C@@H](O)/C=C\c1ccccc1O. The lowest BCUT2D eigenvalue weighted by atomic mass is 10.2. The summed E-state index contributed by atoms with van der Waals surface area (Å²) in [5, 5.41) is 18.2. The number of aliphatic hydroxyl groups excluding tert-OH is 1. The Bertz CT molecular complexity index is 277. The second kappa shape index (κ2) is 3.93. The van der Waals surface area contributed by atoms with Crippen LogP contribution in [0.25, 0.3) is 6.08 Å². The quantitative estimate of drug-likeness (QED) is 0.699. The summed E-state index contributed by atoms with van der Waals surface area (Å²) in [6, 6.07) is 6.99. The smallest absolute Gasteiger partial charge is 0.122 e. The third-order valence-electron chi connectivity index (χ3n) is 1.49. The van der Waals surface area contributed by atoms with Gasteiger partial charge in [0.05, 0.1) is 6.10 Å². The molecule has 2 heteroatoms. The van der Waals surface area contributed by atoms with Crippen molar-refractivity contribution in [2.24, 2.45) is 0 Å². The van der Waals surface area contributed by atoms with Crippen LogP contribution < -0.4 is 0 Å². The zero-order chi connectivity index (χ0) is 8.97. The summed E-state index contributed by atoms with van der Waals surface area (Å²) in [7, 11) is 0. The fourth-order valence-electron chi connectivity index (χ4n) is 0.871. The van der Waals surface area contributed by atoms with E-state index in [1.807, 2.05) is 6.07 Å². The minimum absolute atomic E-state index is 0.231. The molecule has 1 aromatic carbocycles.